The lowest BCUT2D eigenvalue weighted by atomic mass is 10.2. The third-order valence-corrected chi connectivity index (χ3v) is 5.34. The summed E-state index contributed by atoms with van der Waals surface area (Å²) in [4.78, 5) is 0. The highest BCUT2D eigenvalue weighted by molar-refractivity contribution is 7.80. The van der Waals surface area contributed by atoms with Crippen molar-refractivity contribution in [3.63, 3.8) is 0 Å². The molecule has 0 amide bonds. The van der Waals surface area contributed by atoms with Gasteiger partial charge in [-0.25, -0.2) is 0 Å². The van der Waals surface area contributed by atoms with E-state index < -0.39 is 0 Å². The van der Waals surface area contributed by atoms with Gasteiger partial charge in [0.05, 0.1) is 22.3 Å². The fourth-order valence-electron chi connectivity index (χ4n) is 2.77. The molecular weight excluding hydrogens is 415 g/mol. The Kier molecular flexibility index (Phi) is 6.59. The maximum absolute atomic E-state index is 6.10. The van der Waals surface area contributed by atoms with Crippen molar-refractivity contribution in [1.82, 2.24) is 24.9 Å². The van der Waals surface area contributed by atoms with E-state index in [0.29, 0.717) is 34.1 Å². The summed E-state index contributed by atoms with van der Waals surface area (Å²) >= 11 is 17.5. The number of benzene rings is 1. The summed E-state index contributed by atoms with van der Waals surface area (Å²) in [5.41, 5.74) is 4.15. The maximum atomic E-state index is 6.10. The molecule has 0 fully saturated rings. The number of hydrogen-bond acceptors (Lipinski definition) is 3. The molecule has 0 aliphatic heterocycles. The van der Waals surface area contributed by atoms with E-state index in [1.54, 1.807) is 6.07 Å². The first-order chi connectivity index (χ1) is 13.4. The molecule has 0 unspecified atom stereocenters. The molecule has 28 heavy (non-hydrogen) atoms. The average Bonchev–Trinajstić information content (AvgIpc) is 3.18. The van der Waals surface area contributed by atoms with E-state index in [1.165, 1.54) is 0 Å². The Morgan fingerprint density at radius 2 is 1.93 bits per heavy atom. The molecule has 9 heteroatoms. The second-order valence-electron chi connectivity index (χ2n) is 6.48. The van der Waals surface area contributed by atoms with Gasteiger partial charge in [0, 0.05) is 36.6 Å². The highest BCUT2D eigenvalue weighted by atomic mass is 35.5. The van der Waals surface area contributed by atoms with Crippen LogP contribution in [0.1, 0.15) is 29.4 Å². The van der Waals surface area contributed by atoms with Crippen LogP contribution in [-0.2, 0) is 19.6 Å². The summed E-state index contributed by atoms with van der Waals surface area (Å²) in [5.74, 6) is 0.691. The SMILES string of the molecule is CCn1cc(CNC(=S)Nc2cc(C)n(Cc3ccc(Cl)c(Cl)c3)n2)c(C)n1. The Hall–Kier alpha value is -2.09. The summed E-state index contributed by atoms with van der Waals surface area (Å²) in [6.45, 7) is 8.11. The van der Waals surface area contributed by atoms with Gasteiger partial charge in [-0.1, -0.05) is 29.3 Å². The summed E-state index contributed by atoms with van der Waals surface area (Å²) in [7, 11) is 0. The van der Waals surface area contributed by atoms with Gasteiger partial charge in [-0.05, 0) is 50.7 Å². The lowest BCUT2D eigenvalue weighted by Crippen LogP contribution is -2.28. The van der Waals surface area contributed by atoms with Crippen LogP contribution in [0.2, 0.25) is 10.0 Å². The minimum absolute atomic E-state index is 0.517. The molecule has 0 aliphatic carbocycles. The van der Waals surface area contributed by atoms with Gasteiger partial charge in [-0.2, -0.15) is 10.2 Å². The van der Waals surface area contributed by atoms with E-state index in [4.69, 9.17) is 35.4 Å². The number of rotatable bonds is 6. The van der Waals surface area contributed by atoms with Crippen LogP contribution in [0.5, 0.6) is 0 Å². The summed E-state index contributed by atoms with van der Waals surface area (Å²) in [6, 6.07) is 7.53. The molecule has 0 aliphatic rings. The standard InChI is InChI=1S/C19H22Cl2N6S/c1-4-26-11-15(13(3)24-26)9-22-19(28)23-18-7-12(2)27(25-18)10-14-5-6-16(20)17(21)8-14/h5-8,11H,4,9-10H2,1-3H3,(H2,22,23,25,28). The molecule has 3 rings (SSSR count). The molecule has 3 aromatic rings. The number of nitrogens with zero attached hydrogens (tertiary/aromatic N) is 4. The van der Waals surface area contributed by atoms with Gasteiger partial charge in [-0.3, -0.25) is 9.36 Å². The van der Waals surface area contributed by atoms with Gasteiger partial charge in [-0.15, -0.1) is 0 Å². The van der Waals surface area contributed by atoms with Gasteiger partial charge in [0.2, 0.25) is 0 Å². The normalized spacial score (nSPS) is 10.9. The van der Waals surface area contributed by atoms with Gasteiger partial charge in [0.25, 0.3) is 0 Å². The van der Waals surface area contributed by atoms with Crippen molar-refractivity contribution in [2.75, 3.05) is 5.32 Å². The van der Waals surface area contributed by atoms with Crippen molar-refractivity contribution in [2.24, 2.45) is 0 Å². The molecule has 148 valence electrons. The predicted octanol–water partition coefficient (Wildman–Crippen LogP) is 4.56. The van der Waals surface area contributed by atoms with Crippen molar-refractivity contribution in [3.8, 4) is 0 Å². The second kappa shape index (κ2) is 8.94. The number of hydrogen-bond donors (Lipinski definition) is 2. The summed E-state index contributed by atoms with van der Waals surface area (Å²) in [6.07, 6.45) is 2.03. The fraction of sp³-hybridized carbons (Fsp3) is 0.316. The van der Waals surface area contributed by atoms with E-state index in [9.17, 15) is 0 Å². The van der Waals surface area contributed by atoms with E-state index in [1.807, 2.05) is 47.6 Å². The van der Waals surface area contributed by atoms with Crippen molar-refractivity contribution >= 4 is 46.4 Å². The largest absolute Gasteiger partial charge is 0.358 e. The molecule has 0 saturated heterocycles. The molecule has 6 nitrogen and oxygen atoms in total. The zero-order valence-corrected chi connectivity index (χ0v) is 18.3. The number of thiocarbonyl (C=S) groups is 1. The van der Waals surface area contributed by atoms with Gasteiger partial charge >= 0.3 is 0 Å². The number of aromatic nitrogens is 4. The number of aryl methyl sites for hydroxylation is 3. The Morgan fingerprint density at radius 3 is 2.61 bits per heavy atom. The Bertz CT molecular complexity index is 994. The smallest absolute Gasteiger partial charge is 0.172 e. The van der Waals surface area contributed by atoms with Crippen LogP contribution in [-0.4, -0.2) is 24.7 Å². The number of halogens is 2. The molecule has 2 N–H and O–H groups in total. The maximum Gasteiger partial charge on any atom is 0.172 e. The van der Waals surface area contributed by atoms with Crippen LogP contribution >= 0.6 is 35.4 Å². The van der Waals surface area contributed by atoms with Crippen LogP contribution in [0.25, 0.3) is 0 Å². The first-order valence-electron chi connectivity index (χ1n) is 8.92. The molecule has 1 aromatic carbocycles. The van der Waals surface area contributed by atoms with Gasteiger partial charge in [0.15, 0.2) is 10.9 Å². The quantitative estimate of drug-likeness (QED) is 0.554. The topological polar surface area (TPSA) is 59.7 Å². The van der Waals surface area contributed by atoms with Crippen molar-refractivity contribution < 1.29 is 0 Å². The summed E-state index contributed by atoms with van der Waals surface area (Å²) in [5, 5.41) is 16.9. The molecule has 0 atom stereocenters. The zero-order valence-electron chi connectivity index (χ0n) is 16.0. The molecular formula is C19H22Cl2N6S. The highest BCUT2D eigenvalue weighted by Crippen LogP contribution is 2.23. The van der Waals surface area contributed by atoms with E-state index in [0.717, 1.165) is 29.1 Å². The van der Waals surface area contributed by atoms with Crippen LogP contribution in [0, 0.1) is 13.8 Å². The van der Waals surface area contributed by atoms with Crippen LogP contribution in [0.4, 0.5) is 5.82 Å². The highest BCUT2D eigenvalue weighted by Gasteiger charge is 2.09. The van der Waals surface area contributed by atoms with Crippen LogP contribution in [0.3, 0.4) is 0 Å². The van der Waals surface area contributed by atoms with Crippen molar-refractivity contribution in [2.45, 2.75) is 40.4 Å². The number of anilines is 1. The first-order valence-corrected chi connectivity index (χ1v) is 10.1. The molecule has 0 spiro atoms. The Morgan fingerprint density at radius 1 is 1.14 bits per heavy atom. The zero-order chi connectivity index (χ0) is 20.3. The third-order valence-electron chi connectivity index (χ3n) is 4.35. The molecule has 2 heterocycles. The fourth-order valence-corrected chi connectivity index (χ4v) is 3.27. The second-order valence-corrected chi connectivity index (χ2v) is 7.70. The monoisotopic (exact) mass is 436 g/mol. The Balaban J connectivity index is 1.60. The average molecular weight is 437 g/mol. The third kappa shape index (κ3) is 5.04. The van der Waals surface area contributed by atoms with E-state index >= 15 is 0 Å². The van der Waals surface area contributed by atoms with Crippen molar-refractivity contribution in [3.05, 3.63) is 63.0 Å². The van der Waals surface area contributed by atoms with Crippen LogP contribution < -0.4 is 10.6 Å². The lowest BCUT2D eigenvalue weighted by molar-refractivity contribution is 0.653. The minimum Gasteiger partial charge on any atom is -0.358 e. The Labute approximate surface area is 179 Å². The molecule has 0 radical (unpaired) electrons. The predicted molar refractivity (Wildman–Crippen MR) is 118 cm³/mol. The first kappa shape index (κ1) is 20.6. The van der Waals surface area contributed by atoms with Crippen LogP contribution in [0.15, 0.2) is 30.5 Å². The molecule has 0 bridgehead atoms. The minimum atomic E-state index is 0.517. The summed E-state index contributed by atoms with van der Waals surface area (Å²) < 4.78 is 3.80. The van der Waals surface area contributed by atoms with Gasteiger partial charge in [0.1, 0.15) is 0 Å². The lowest BCUT2D eigenvalue weighted by Gasteiger charge is -2.08. The molecule has 0 saturated carbocycles. The van der Waals surface area contributed by atoms with Crippen molar-refractivity contribution in [1.29, 1.82) is 0 Å². The number of nitrogens with one attached hydrogen (secondary N) is 2. The van der Waals surface area contributed by atoms with Gasteiger partial charge < -0.3 is 10.6 Å². The van der Waals surface area contributed by atoms with E-state index in [-0.39, 0.29) is 0 Å². The molecule has 2 aromatic heterocycles. The van der Waals surface area contributed by atoms with E-state index in [2.05, 4.69) is 27.8 Å².